The minimum absolute atomic E-state index is 0.0840. The number of hydrogen-bond acceptors (Lipinski definition) is 3. The lowest BCUT2D eigenvalue weighted by atomic mass is 10.1. The van der Waals surface area contributed by atoms with Gasteiger partial charge in [-0.3, -0.25) is 9.79 Å². The molecule has 28 heavy (non-hydrogen) atoms. The summed E-state index contributed by atoms with van der Waals surface area (Å²) in [6, 6.07) is 4.20. The average molecular weight is 394 g/mol. The van der Waals surface area contributed by atoms with Crippen molar-refractivity contribution >= 4 is 11.9 Å². The molecule has 1 amide bonds. The molecule has 0 radical (unpaired) electrons. The monoisotopic (exact) mass is 394 g/mol. The highest BCUT2D eigenvalue weighted by molar-refractivity contribution is 5.82. The second-order valence-electron chi connectivity index (χ2n) is 7.01. The molecule has 0 spiro atoms. The highest BCUT2D eigenvalue weighted by atomic mass is 19.2. The third-order valence-corrected chi connectivity index (χ3v) is 5.11. The van der Waals surface area contributed by atoms with E-state index in [1.54, 1.807) is 6.07 Å². The first kappa shape index (κ1) is 20.5. The molecule has 0 saturated carbocycles. The van der Waals surface area contributed by atoms with Crippen molar-refractivity contribution in [3.8, 4) is 0 Å². The molecule has 1 aromatic carbocycles. The maximum Gasteiger partial charge on any atom is 0.251 e. The smallest absolute Gasteiger partial charge is 0.251 e. The van der Waals surface area contributed by atoms with Gasteiger partial charge in [0.05, 0.1) is 0 Å². The summed E-state index contributed by atoms with van der Waals surface area (Å²) in [6.07, 6.45) is 1.80. The SMILES string of the molecule is CCNC(=NCCc1cccc(F)c1F)N1CCN(C(=O)C2CCCO2)CC1. The first-order chi connectivity index (χ1) is 13.6. The fourth-order valence-corrected chi connectivity index (χ4v) is 3.56. The van der Waals surface area contributed by atoms with E-state index in [-0.39, 0.29) is 12.0 Å². The molecule has 154 valence electrons. The van der Waals surface area contributed by atoms with E-state index in [9.17, 15) is 13.6 Å². The predicted molar refractivity (Wildman–Crippen MR) is 103 cm³/mol. The molecule has 0 aliphatic carbocycles. The van der Waals surface area contributed by atoms with Gasteiger partial charge in [-0.15, -0.1) is 0 Å². The minimum Gasteiger partial charge on any atom is -0.368 e. The van der Waals surface area contributed by atoms with Crippen molar-refractivity contribution in [3.63, 3.8) is 0 Å². The van der Waals surface area contributed by atoms with Crippen LogP contribution in [0.5, 0.6) is 0 Å². The topological polar surface area (TPSA) is 57.2 Å². The second kappa shape index (κ2) is 9.82. The van der Waals surface area contributed by atoms with E-state index >= 15 is 0 Å². The van der Waals surface area contributed by atoms with Gasteiger partial charge >= 0.3 is 0 Å². The lowest BCUT2D eigenvalue weighted by Crippen LogP contribution is -2.55. The Kier molecular flexibility index (Phi) is 7.19. The molecule has 3 rings (SSSR count). The van der Waals surface area contributed by atoms with Crippen molar-refractivity contribution in [3.05, 3.63) is 35.4 Å². The highest BCUT2D eigenvalue weighted by Crippen LogP contribution is 2.16. The number of nitrogens with zero attached hydrogens (tertiary/aromatic N) is 3. The van der Waals surface area contributed by atoms with E-state index in [2.05, 4.69) is 15.2 Å². The van der Waals surface area contributed by atoms with Crippen LogP contribution in [-0.4, -0.2) is 73.6 Å². The Morgan fingerprint density at radius 3 is 2.68 bits per heavy atom. The Hall–Kier alpha value is -2.22. The molecule has 2 saturated heterocycles. The number of carbonyl (C=O) groups is 1. The van der Waals surface area contributed by atoms with Crippen LogP contribution in [-0.2, 0) is 16.0 Å². The summed E-state index contributed by atoms with van der Waals surface area (Å²) in [5.41, 5.74) is 0.326. The first-order valence-electron chi connectivity index (χ1n) is 9.96. The van der Waals surface area contributed by atoms with Gasteiger partial charge < -0.3 is 19.9 Å². The normalized spacial score (nSPS) is 20.5. The summed E-state index contributed by atoms with van der Waals surface area (Å²) in [6.45, 7) is 6.33. The zero-order valence-electron chi connectivity index (χ0n) is 16.3. The van der Waals surface area contributed by atoms with Crippen LogP contribution in [0, 0.1) is 11.6 Å². The Bertz CT molecular complexity index is 699. The average Bonchev–Trinajstić information content (AvgIpc) is 3.25. The number of hydrogen-bond donors (Lipinski definition) is 1. The zero-order valence-corrected chi connectivity index (χ0v) is 16.3. The Morgan fingerprint density at radius 1 is 1.25 bits per heavy atom. The van der Waals surface area contributed by atoms with Crippen LogP contribution in [0.3, 0.4) is 0 Å². The third kappa shape index (κ3) is 4.98. The van der Waals surface area contributed by atoms with E-state index in [1.807, 2.05) is 11.8 Å². The van der Waals surface area contributed by atoms with Gasteiger partial charge in [0.2, 0.25) is 0 Å². The lowest BCUT2D eigenvalue weighted by molar-refractivity contribution is -0.142. The van der Waals surface area contributed by atoms with Gasteiger partial charge in [-0.1, -0.05) is 12.1 Å². The number of halogens is 2. The maximum absolute atomic E-state index is 13.8. The van der Waals surface area contributed by atoms with Crippen LogP contribution in [0.4, 0.5) is 8.78 Å². The number of guanidine groups is 1. The molecule has 1 aromatic rings. The van der Waals surface area contributed by atoms with Gasteiger partial charge in [-0.25, -0.2) is 8.78 Å². The number of nitrogens with one attached hydrogen (secondary N) is 1. The van der Waals surface area contributed by atoms with E-state index < -0.39 is 11.6 Å². The van der Waals surface area contributed by atoms with Crippen molar-refractivity contribution in [1.82, 2.24) is 15.1 Å². The van der Waals surface area contributed by atoms with Crippen LogP contribution in [0.25, 0.3) is 0 Å². The lowest BCUT2D eigenvalue weighted by Gasteiger charge is -2.37. The van der Waals surface area contributed by atoms with Crippen LogP contribution < -0.4 is 5.32 Å². The Morgan fingerprint density at radius 2 is 2.00 bits per heavy atom. The quantitative estimate of drug-likeness (QED) is 0.611. The molecule has 1 N–H and O–H groups in total. The van der Waals surface area contributed by atoms with Crippen molar-refractivity contribution in [2.75, 3.05) is 45.9 Å². The van der Waals surface area contributed by atoms with E-state index in [4.69, 9.17) is 4.74 Å². The summed E-state index contributed by atoms with van der Waals surface area (Å²) < 4.78 is 32.6. The highest BCUT2D eigenvalue weighted by Gasteiger charge is 2.30. The third-order valence-electron chi connectivity index (χ3n) is 5.11. The molecular weight excluding hydrogens is 366 g/mol. The summed E-state index contributed by atoms with van der Waals surface area (Å²) >= 11 is 0. The largest absolute Gasteiger partial charge is 0.368 e. The molecule has 0 aromatic heterocycles. The summed E-state index contributed by atoms with van der Waals surface area (Å²) in [7, 11) is 0. The molecule has 6 nitrogen and oxygen atoms in total. The number of benzene rings is 1. The molecule has 2 aliphatic rings. The molecule has 2 aliphatic heterocycles. The number of ether oxygens (including phenoxy) is 1. The number of carbonyl (C=O) groups excluding carboxylic acids is 1. The second-order valence-corrected chi connectivity index (χ2v) is 7.01. The molecular formula is C20H28F2N4O2. The Balaban J connectivity index is 1.54. The fourth-order valence-electron chi connectivity index (χ4n) is 3.56. The van der Waals surface area contributed by atoms with Crippen LogP contribution >= 0.6 is 0 Å². The Labute approximate surface area is 164 Å². The molecule has 8 heteroatoms. The maximum atomic E-state index is 13.8. The van der Waals surface area contributed by atoms with Crippen LogP contribution in [0.1, 0.15) is 25.3 Å². The van der Waals surface area contributed by atoms with Gasteiger partial charge in [0, 0.05) is 45.9 Å². The van der Waals surface area contributed by atoms with Crippen molar-refractivity contribution in [1.29, 1.82) is 0 Å². The van der Waals surface area contributed by atoms with E-state index in [0.717, 1.165) is 24.9 Å². The summed E-state index contributed by atoms with van der Waals surface area (Å²) in [5.74, 6) is -0.812. The van der Waals surface area contributed by atoms with E-state index in [0.29, 0.717) is 57.9 Å². The van der Waals surface area contributed by atoms with Gasteiger partial charge in [0.25, 0.3) is 5.91 Å². The van der Waals surface area contributed by atoms with Crippen molar-refractivity contribution in [2.24, 2.45) is 4.99 Å². The van der Waals surface area contributed by atoms with Crippen molar-refractivity contribution < 1.29 is 18.3 Å². The summed E-state index contributed by atoms with van der Waals surface area (Å²) in [4.78, 5) is 21.0. The standard InChI is InChI=1S/C20H28F2N4O2/c1-2-23-20(24-9-8-15-5-3-6-16(21)18(15)22)26-12-10-25(11-13-26)19(27)17-7-4-14-28-17/h3,5-6,17H,2,4,7-14H2,1H3,(H,23,24). The van der Waals surface area contributed by atoms with Crippen molar-refractivity contribution in [2.45, 2.75) is 32.3 Å². The van der Waals surface area contributed by atoms with Crippen LogP contribution in [0.2, 0.25) is 0 Å². The van der Waals surface area contributed by atoms with Gasteiger partial charge in [0.15, 0.2) is 17.6 Å². The number of piperazine rings is 1. The molecule has 1 atom stereocenters. The number of amides is 1. The van der Waals surface area contributed by atoms with Gasteiger partial charge in [-0.05, 0) is 37.8 Å². The number of aliphatic imine (C=N–C) groups is 1. The molecule has 2 fully saturated rings. The van der Waals surface area contributed by atoms with Crippen LogP contribution in [0.15, 0.2) is 23.2 Å². The predicted octanol–water partition coefficient (Wildman–Crippen LogP) is 1.80. The minimum atomic E-state index is -0.833. The number of rotatable bonds is 5. The molecule has 0 bridgehead atoms. The summed E-state index contributed by atoms with van der Waals surface area (Å²) in [5, 5.41) is 3.24. The fraction of sp³-hybridized carbons (Fsp3) is 0.600. The zero-order chi connectivity index (χ0) is 19.9. The van der Waals surface area contributed by atoms with Gasteiger partial charge in [0.1, 0.15) is 6.10 Å². The first-order valence-corrected chi connectivity index (χ1v) is 9.96. The molecule has 2 heterocycles. The van der Waals surface area contributed by atoms with Gasteiger partial charge in [-0.2, -0.15) is 0 Å². The molecule has 1 unspecified atom stereocenters. The van der Waals surface area contributed by atoms with E-state index in [1.165, 1.54) is 6.07 Å².